The zero-order valence-electron chi connectivity index (χ0n) is 11.1. The Bertz CT molecular complexity index is 532. The number of aromatic nitrogens is 1. The number of pyridine rings is 1. The van der Waals surface area contributed by atoms with E-state index in [1.807, 2.05) is 19.9 Å². The van der Waals surface area contributed by atoms with Gasteiger partial charge in [0.15, 0.2) is 0 Å². The second-order valence-corrected chi connectivity index (χ2v) is 4.64. The van der Waals surface area contributed by atoms with E-state index in [0.29, 0.717) is 0 Å². The third-order valence-electron chi connectivity index (χ3n) is 3.15. The number of hydrazine groups is 1. The van der Waals surface area contributed by atoms with Gasteiger partial charge in [0, 0.05) is 11.4 Å². The fourth-order valence-corrected chi connectivity index (χ4v) is 2.13. The Hall–Kier alpha value is -1.71. The number of benzene rings is 1. The van der Waals surface area contributed by atoms with Crippen LogP contribution < -0.4 is 11.3 Å². The van der Waals surface area contributed by atoms with Gasteiger partial charge < -0.3 is 0 Å². The van der Waals surface area contributed by atoms with E-state index >= 15 is 0 Å². The summed E-state index contributed by atoms with van der Waals surface area (Å²) in [6, 6.07) is 12.5. The Balaban J connectivity index is 2.41. The lowest BCUT2D eigenvalue weighted by molar-refractivity contribution is 0.630. The van der Waals surface area contributed by atoms with Crippen LogP contribution in [0.2, 0.25) is 0 Å². The normalized spacial score (nSPS) is 12.4. The summed E-state index contributed by atoms with van der Waals surface area (Å²) in [6.45, 7) is 6.09. The maximum Gasteiger partial charge on any atom is 0.0727 e. The first-order chi connectivity index (χ1) is 8.61. The Labute approximate surface area is 108 Å². The van der Waals surface area contributed by atoms with E-state index in [0.717, 1.165) is 22.5 Å². The van der Waals surface area contributed by atoms with Crippen LogP contribution in [-0.2, 0) is 0 Å². The molecule has 0 bridgehead atoms. The van der Waals surface area contributed by atoms with E-state index in [-0.39, 0.29) is 6.04 Å². The van der Waals surface area contributed by atoms with Gasteiger partial charge in [0.1, 0.15) is 0 Å². The predicted octanol–water partition coefficient (Wildman–Crippen LogP) is 2.56. The molecule has 0 saturated carbocycles. The molecule has 18 heavy (non-hydrogen) atoms. The van der Waals surface area contributed by atoms with Crippen molar-refractivity contribution in [2.75, 3.05) is 0 Å². The van der Waals surface area contributed by atoms with E-state index < -0.39 is 0 Å². The second kappa shape index (κ2) is 5.29. The molecule has 2 rings (SSSR count). The van der Waals surface area contributed by atoms with Crippen molar-refractivity contribution in [3.63, 3.8) is 0 Å². The summed E-state index contributed by atoms with van der Waals surface area (Å²) in [4.78, 5) is 4.49. The average molecular weight is 241 g/mol. The maximum atomic E-state index is 5.70. The van der Waals surface area contributed by atoms with Gasteiger partial charge in [-0.15, -0.1) is 0 Å². The fraction of sp³-hybridized carbons (Fsp3) is 0.267. The summed E-state index contributed by atoms with van der Waals surface area (Å²) >= 11 is 0. The molecule has 0 amide bonds. The van der Waals surface area contributed by atoms with Crippen LogP contribution in [0.25, 0.3) is 0 Å². The molecule has 3 N–H and O–H groups in total. The van der Waals surface area contributed by atoms with Crippen LogP contribution in [0.3, 0.4) is 0 Å². The summed E-state index contributed by atoms with van der Waals surface area (Å²) in [5, 5.41) is 0. The SMILES string of the molecule is Cc1ccc(C(NN)c2ccc(C)nc2C)cc1. The van der Waals surface area contributed by atoms with E-state index in [1.165, 1.54) is 5.56 Å². The van der Waals surface area contributed by atoms with Crippen molar-refractivity contribution in [3.8, 4) is 0 Å². The van der Waals surface area contributed by atoms with Crippen molar-refractivity contribution in [1.29, 1.82) is 0 Å². The Morgan fingerprint density at radius 2 is 1.67 bits per heavy atom. The number of nitrogens with zero attached hydrogens (tertiary/aromatic N) is 1. The molecule has 0 aliphatic carbocycles. The monoisotopic (exact) mass is 241 g/mol. The van der Waals surface area contributed by atoms with Gasteiger partial charge in [-0.3, -0.25) is 10.8 Å². The molecule has 1 unspecified atom stereocenters. The third-order valence-corrected chi connectivity index (χ3v) is 3.15. The molecular weight excluding hydrogens is 222 g/mol. The van der Waals surface area contributed by atoms with Crippen LogP contribution >= 0.6 is 0 Å². The van der Waals surface area contributed by atoms with Gasteiger partial charge >= 0.3 is 0 Å². The van der Waals surface area contributed by atoms with E-state index in [9.17, 15) is 0 Å². The molecule has 1 heterocycles. The minimum absolute atomic E-state index is 0.0151. The molecule has 0 spiro atoms. The highest BCUT2D eigenvalue weighted by Crippen LogP contribution is 2.23. The highest BCUT2D eigenvalue weighted by atomic mass is 15.2. The average Bonchev–Trinajstić information content (AvgIpc) is 2.35. The summed E-state index contributed by atoms with van der Waals surface area (Å²) in [5.74, 6) is 5.70. The van der Waals surface area contributed by atoms with Crippen molar-refractivity contribution >= 4 is 0 Å². The molecule has 0 aliphatic rings. The lowest BCUT2D eigenvalue weighted by Gasteiger charge is -2.19. The van der Waals surface area contributed by atoms with Crippen LogP contribution in [0.1, 0.15) is 34.1 Å². The molecule has 0 saturated heterocycles. The van der Waals surface area contributed by atoms with Crippen molar-refractivity contribution in [1.82, 2.24) is 10.4 Å². The standard InChI is InChI=1S/C15H19N3/c1-10-4-7-13(8-5-10)15(18-16)14-9-6-11(2)17-12(14)3/h4-9,15,18H,16H2,1-3H3. The lowest BCUT2D eigenvalue weighted by atomic mass is 9.97. The molecule has 3 nitrogen and oxygen atoms in total. The number of nitrogens with two attached hydrogens (primary N) is 1. The summed E-state index contributed by atoms with van der Waals surface area (Å²) in [5.41, 5.74) is 8.42. The molecule has 3 heteroatoms. The largest absolute Gasteiger partial charge is 0.271 e. The van der Waals surface area contributed by atoms with Gasteiger partial charge in [-0.25, -0.2) is 5.43 Å². The Kier molecular flexibility index (Phi) is 3.75. The minimum atomic E-state index is -0.0151. The number of hydrogen-bond donors (Lipinski definition) is 2. The molecule has 1 aromatic heterocycles. The van der Waals surface area contributed by atoms with Crippen LogP contribution in [0, 0.1) is 20.8 Å². The van der Waals surface area contributed by atoms with Crippen LogP contribution in [0.5, 0.6) is 0 Å². The quantitative estimate of drug-likeness (QED) is 0.641. The van der Waals surface area contributed by atoms with Gasteiger partial charge in [-0.1, -0.05) is 35.9 Å². The number of aryl methyl sites for hydroxylation is 3. The van der Waals surface area contributed by atoms with Gasteiger partial charge in [0.2, 0.25) is 0 Å². The molecule has 0 fully saturated rings. The predicted molar refractivity (Wildman–Crippen MR) is 74.1 cm³/mol. The third kappa shape index (κ3) is 2.58. The van der Waals surface area contributed by atoms with Crippen molar-refractivity contribution in [3.05, 3.63) is 64.5 Å². The van der Waals surface area contributed by atoms with Gasteiger partial charge in [0.25, 0.3) is 0 Å². The van der Waals surface area contributed by atoms with Crippen LogP contribution in [0.15, 0.2) is 36.4 Å². The van der Waals surface area contributed by atoms with Crippen LogP contribution in [0.4, 0.5) is 0 Å². The molecule has 0 aliphatic heterocycles. The van der Waals surface area contributed by atoms with E-state index in [2.05, 4.69) is 47.7 Å². The molecule has 0 radical (unpaired) electrons. The number of rotatable bonds is 3. The fourth-order valence-electron chi connectivity index (χ4n) is 2.13. The zero-order chi connectivity index (χ0) is 13.1. The van der Waals surface area contributed by atoms with E-state index in [1.54, 1.807) is 0 Å². The Morgan fingerprint density at radius 1 is 1.00 bits per heavy atom. The first-order valence-corrected chi connectivity index (χ1v) is 6.08. The Morgan fingerprint density at radius 3 is 2.22 bits per heavy atom. The molecule has 2 aromatic rings. The van der Waals surface area contributed by atoms with Crippen molar-refractivity contribution < 1.29 is 0 Å². The summed E-state index contributed by atoms with van der Waals surface area (Å²) in [7, 11) is 0. The molecule has 1 atom stereocenters. The summed E-state index contributed by atoms with van der Waals surface area (Å²) < 4.78 is 0. The van der Waals surface area contributed by atoms with Gasteiger partial charge in [0.05, 0.1) is 6.04 Å². The molecular formula is C15H19N3. The zero-order valence-corrected chi connectivity index (χ0v) is 11.1. The minimum Gasteiger partial charge on any atom is -0.271 e. The lowest BCUT2D eigenvalue weighted by Crippen LogP contribution is -2.29. The van der Waals surface area contributed by atoms with Crippen LogP contribution in [-0.4, -0.2) is 4.98 Å². The highest BCUT2D eigenvalue weighted by molar-refractivity contribution is 5.35. The first-order valence-electron chi connectivity index (χ1n) is 6.08. The summed E-state index contributed by atoms with van der Waals surface area (Å²) in [6.07, 6.45) is 0. The van der Waals surface area contributed by atoms with Gasteiger partial charge in [-0.2, -0.15) is 0 Å². The number of nitrogens with one attached hydrogen (secondary N) is 1. The van der Waals surface area contributed by atoms with Crippen molar-refractivity contribution in [2.45, 2.75) is 26.8 Å². The second-order valence-electron chi connectivity index (χ2n) is 4.64. The van der Waals surface area contributed by atoms with E-state index in [4.69, 9.17) is 5.84 Å². The maximum absolute atomic E-state index is 5.70. The van der Waals surface area contributed by atoms with Gasteiger partial charge in [-0.05, 0) is 38.0 Å². The topological polar surface area (TPSA) is 50.9 Å². The smallest absolute Gasteiger partial charge is 0.0727 e. The number of hydrogen-bond acceptors (Lipinski definition) is 3. The molecule has 1 aromatic carbocycles. The first kappa shape index (κ1) is 12.7. The molecule has 94 valence electrons. The van der Waals surface area contributed by atoms with Crippen molar-refractivity contribution in [2.24, 2.45) is 5.84 Å². The highest BCUT2D eigenvalue weighted by Gasteiger charge is 2.15.